The third-order valence-corrected chi connectivity index (χ3v) is 4.75. The van der Waals surface area contributed by atoms with Gasteiger partial charge in [0.2, 0.25) is 0 Å². The van der Waals surface area contributed by atoms with E-state index >= 15 is 0 Å². The van der Waals surface area contributed by atoms with Gasteiger partial charge in [-0.25, -0.2) is 9.59 Å². The Bertz CT molecular complexity index is 554. The quantitative estimate of drug-likeness (QED) is 0.774. The van der Waals surface area contributed by atoms with Crippen LogP contribution in [0.25, 0.3) is 0 Å². The van der Waals surface area contributed by atoms with Gasteiger partial charge in [0.25, 0.3) is 0 Å². The minimum absolute atomic E-state index is 0.477. The van der Waals surface area contributed by atoms with E-state index in [0.717, 1.165) is 29.3 Å². The largest absolute Gasteiger partial charge is 0.480 e. The third kappa shape index (κ3) is 3.75. The summed E-state index contributed by atoms with van der Waals surface area (Å²) >= 11 is 3.40. The molecule has 3 N–H and O–H groups in total. The van der Waals surface area contributed by atoms with Gasteiger partial charge in [0.05, 0.1) is 0 Å². The van der Waals surface area contributed by atoms with Gasteiger partial charge >= 0.3 is 12.0 Å². The number of amides is 2. The summed E-state index contributed by atoms with van der Waals surface area (Å²) in [7, 11) is 0. The summed E-state index contributed by atoms with van der Waals surface area (Å²) in [4.78, 5) is 23.6. The zero-order valence-corrected chi connectivity index (χ0v) is 13.5. The van der Waals surface area contributed by atoms with Crippen LogP contribution in [0.2, 0.25) is 0 Å². The highest BCUT2D eigenvalue weighted by Gasteiger charge is 2.40. The average molecular weight is 355 g/mol. The Balaban J connectivity index is 2.05. The Morgan fingerprint density at radius 3 is 2.48 bits per heavy atom. The van der Waals surface area contributed by atoms with Gasteiger partial charge < -0.3 is 15.7 Å². The maximum atomic E-state index is 12.1. The molecule has 0 aliphatic heterocycles. The van der Waals surface area contributed by atoms with E-state index in [1.54, 1.807) is 12.1 Å². The summed E-state index contributed by atoms with van der Waals surface area (Å²) in [6.45, 7) is 1.95. The molecule has 2 rings (SSSR count). The van der Waals surface area contributed by atoms with Gasteiger partial charge in [-0.1, -0.05) is 41.3 Å². The molecule has 2 amide bonds. The first-order valence-electron chi connectivity index (χ1n) is 7.02. The van der Waals surface area contributed by atoms with Crippen LogP contribution in [-0.2, 0) is 4.79 Å². The highest BCUT2D eigenvalue weighted by Crippen LogP contribution is 2.28. The molecule has 0 unspecified atom stereocenters. The number of carbonyl (C=O) groups is 2. The lowest BCUT2D eigenvalue weighted by molar-refractivity contribution is -0.145. The zero-order chi connectivity index (χ0) is 15.5. The Labute approximate surface area is 132 Å². The summed E-state index contributed by atoms with van der Waals surface area (Å²) in [5, 5.41) is 14.8. The second kappa shape index (κ2) is 6.47. The van der Waals surface area contributed by atoms with Crippen molar-refractivity contribution >= 4 is 33.6 Å². The van der Waals surface area contributed by atoms with Gasteiger partial charge in [-0.15, -0.1) is 0 Å². The van der Waals surface area contributed by atoms with E-state index in [-0.39, 0.29) is 0 Å². The monoisotopic (exact) mass is 354 g/mol. The van der Waals surface area contributed by atoms with Crippen LogP contribution in [0.3, 0.4) is 0 Å². The van der Waals surface area contributed by atoms with Crippen LogP contribution in [0.1, 0.15) is 37.7 Å². The topological polar surface area (TPSA) is 78.4 Å². The summed E-state index contributed by atoms with van der Waals surface area (Å²) in [6, 6.07) is 4.99. The van der Waals surface area contributed by atoms with Gasteiger partial charge in [-0.3, -0.25) is 0 Å². The van der Waals surface area contributed by atoms with Crippen molar-refractivity contribution in [2.45, 2.75) is 44.6 Å². The van der Waals surface area contributed by atoms with Crippen molar-refractivity contribution in [3.05, 3.63) is 28.2 Å². The molecule has 1 aliphatic carbocycles. The molecule has 114 valence electrons. The molecule has 0 heterocycles. The molecule has 0 bridgehead atoms. The number of halogens is 1. The second-order valence-electron chi connectivity index (χ2n) is 5.49. The lowest BCUT2D eigenvalue weighted by Gasteiger charge is -2.33. The number of nitrogens with one attached hydrogen (secondary N) is 2. The molecule has 0 saturated heterocycles. The van der Waals surface area contributed by atoms with Crippen LogP contribution in [0, 0.1) is 6.92 Å². The first-order chi connectivity index (χ1) is 9.93. The lowest BCUT2D eigenvalue weighted by Crippen LogP contribution is -2.56. The van der Waals surface area contributed by atoms with Gasteiger partial charge in [0.1, 0.15) is 5.54 Å². The second-order valence-corrected chi connectivity index (χ2v) is 6.35. The molecule has 1 aliphatic rings. The Kier molecular flexibility index (Phi) is 4.88. The number of rotatable bonds is 3. The average Bonchev–Trinajstić information content (AvgIpc) is 2.43. The van der Waals surface area contributed by atoms with Crippen LogP contribution in [0.5, 0.6) is 0 Å². The fourth-order valence-corrected chi connectivity index (χ4v) is 2.98. The number of hydrogen-bond acceptors (Lipinski definition) is 2. The smallest absolute Gasteiger partial charge is 0.329 e. The molecule has 1 aromatic carbocycles. The van der Waals surface area contributed by atoms with Gasteiger partial charge in [0, 0.05) is 10.2 Å². The minimum atomic E-state index is -1.13. The molecular formula is C15H19BrN2O3. The number of hydrogen-bond donors (Lipinski definition) is 3. The maximum absolute atomic E-state index is 12.1. The number of benzene rings is 1. The number of carboxylic acid groups (broad SMARTS) is 1. The first kappa shape index (κ1) is 15.8. The predicted octanol–water partition coefficient (Wildman–Crippen LogP) is 3.67. The normalized spacial score (nSPS) is 17.0. The number of aliphatic carboxylic acids is 1. The van der Waals surface area contributed by atoms with Crippen molar-refractivity contribution in [2.24, 2.45) is 0 Å². The van der Waals surface area contributed by atoms with Crippen molar-refractivity contribution < 1.29 is 14.7 Å². The Morgan fingerprint density at radius 2 is 1.90 bits per heavy atom. The van der Waals surface area contributed by atoms with Crippen molar-refractivity contribution in [1.82, 2.24) is 5.32 Å². The van der Waals surface area contributed by atoms with Crippen molar-refractivity contribution in [3.63, 3.8) is 0 Å². The number of aryl methyl sites for hydroxylation is 1. The van der Waals surface area contributed by atoms with E-state index in [4.69, 9.17) is 0 Å². The van der Waals surface area contributed by atoms with Crippen molar-refractivity contribution in [2.75, 3.05) is 5.32 Å². The number of urea groups is 1. The van der Waals surface area contributed by atoms with E-state index < -0.39 is 17.5 Å². The van der Waals surface area contributed by atoms with E-state index in [1.807, 2.05) is 13.0 Å². The highest BCUT2D eigenvalue weighted by molar-refractivity contribution is 9.10. The molecule has 0 atom stereocenters. The Hall–Kier alpha value is -1.56. The summed E-state index contributed by atoms with van der Waals surface area (Å²) in [5.41, 5.74) is 0.557. The zero-order valence-electron chi connectivity index (χ0n) is 11.9. The fourth-order valence-electron chi connectivity index (χ4n) is 2.60. The van der Waals surface area contributed by atoms with Gasteiger partial charge in [-0.2, -0.15) is 0 Å². The van der Waals surface area contributed by atoms with Gasteiger partial charge in [-0.05, 0) is 37.5 Å². The van der Waals surface area contributed by atoms with Crippen LogP contribution < -0.4 is 10.6 Å². The molecule has 0 aromatic heterocycles. The standard InChI is InChI=1S/C15H19BrN2O3/c1-10-5-6-11(9-12(10)16)17-14(21)18-15(13(19)20)7-3-2-4-8-15/h5-6,9H,2-4,7-8H2,1H3,(H,19,20)(H2,17,18,21). The van der Waals surface area contributed by atoms with E-state index in [2.05, 4.69) is 26.6 Å². The molecular weight excluding hydrogens is 336 g/mol. The third-order valence-electron chi connectivity index (χ3n) is 3.90. The van der Waals surface area contributed by atoms with Crippen molar-refractivity contribution in [1.29, 1.82) is 0 Å². The lowest BCUT2D eigenvalue weighted by atomic mass is 9.82. The highest BCUT2D eigenvalue weighted by atomic mass is 79.9. The SMILES string of the molecule is Cc1ccc(NC(=O)NC2(C(=O)O)CCCCC2)cc1Br. The summed E-state index contributed by atoms with van der Waals surface area (Å²) < 4.78 is 0.894. The molecule has 1 fully saturated rings. The maximum Gasteiger partial charge on any atom is 0.329 e. The van der Waals surface area contributed by atoms with Gasteiger partial charge in [0.15, 0.2) is 0 Å². The first-order valence-corrected chi connectivity index (χ1v) is 7.81. The van der Waals surface area contributed by atoms with Crippen LogP contribution >= 0.6 is 15.9 Å². The predicted molar refractivity (Wildman–Crippen MR) is 84.5 cm³/mol. The number of anilines is 1. The van der Waals surface area contributed by atoms with Crippen LogP contribution in [0.4, 0.5) is 10.5 Å². The minimum Gasteiger partial charge on any atom is -0.480 e. The van der Waals surface area contributed by atoms with E-state index in [1.165, 1.54) is 0 Å². The van der Waals surface area contributed by atoms with Crippen LogP contribution in [0.15, 0.2) is 22.7 Å². The molecule has 6 heteroatoms. The summed E-state index contributed by atoms with van der Waals surface area (Å²) in [6.07, 6.45) is 3.62. The summed E-state index contributed by atoms with van der Waals surface area (Å²) in [5.74, 6) is -0.956. The van der Waals surface area contributed by atoms with E-state index in [0.29, 0.717) is 18.5 Å². The van der Waals surface area contributed by atoms with Crippen molar-refractivity contribution in [3.8, 4) is 0 Å². The van der Waals surface area contributed by atoms with E-state index in [9.17, 15) is 14.7 Å². The molecule has 21 heavy (non-hydrogen) atoms. The van der Waals surface area contributed by atoms with Crippen LogP contribution in [-0.4, -0.2) is 22.6 Å². The molecule has 1 aromatic rings. The Morgan fingerprint density at radius 1 is 1.24 bits per heavy atom. The fraction of sp³-hybridized carbons (Fsp3) is 0.467. The molecule has 0 spiro atoms. The molecule has 5 nitrogen and oxygen atoms in total. The number of carboxylic acids is 1. The number of carbonyl (C=O) groups excluding carboxylic acids is 1. The molecule has 0 radical (unpaired) electrons. The molecule has 1 saturated carbocycles.